The Morgan fingerprint density at radius 3 is 2.53 bits per heavy atom. The van der Waals surface area contributed by atoms with Crippen LogP contribution in [0, 0.1) is 6.92 Å². The minimum atomic E-state index is -0.529. The third-order valence-corrected chi connectivity index (χ3v) is 8.22. The Labute approximate surface area is 260 Å². The third kappa shape index (κ3) is 6.77. The Morgan fingerprint density at radius 1 is 0.953 bits per heavy atom. The van der Waals surface area contributed by atoms with Crippen LogP contribution in [-0.2, 0) is 17.2 Å². The van der Waals surface area contributed by atoms with Crippen LogP contribution in [0.2, 0.25) is 5.02 Å². The summed E-state index contributed by atoms with van der Waals surface area (Å²) in [4.78, 5) is 18.7. The van der Waals surface area contributed by atoms with Crippen LogP contribution < -0.4 is 15.4 Å². The number of ether oxygens (including phenoxy) is 1. The van der Waals surface area contributed by atoms with Crippen LogP contribution in [0.25, 0.3) is 0 Å². The number of anilines is 2. The highest BCUT2D eigenvalue weighted by Gasteiger charge is 2.34. The molecule has 2 N–H and O–H groups in total. The van der Waals surface area contributed by atoms with Crippen molar-refractivity contribution in [3.05, 3.63) is 142 Å². The van der Waals surface area contributed by atoms with Crippen molar-refractivity contribution < 1.29 is 9.53 Å². The average Bonchev–Trinajstić information content (AvgIpc) is 3.42. The molecule has 1 unspecified atom stereocenters. The van der Waals surface area contributed by atoms with Crippen LogP contribution in [0.4, 0.5) is 11.6 Å². The van der Waals surface area contributed by atoms with E-state index in [0.29, 0.717) is 39.8 Å². The van der Waals surface area contributed by atoms with E-state index in [9.17, 15) is 4.79 Å². The molecule has 0 saturated heterocycles. The van der Waals surface area contributed by atoms with Crippen molar-refractivity contribution in [2.45, 2.75) is 37.4 Å². The lowest BCUT2D eigenvalue weighted by atomic mass is 9.94. The van der Waals surface area contributed by atoms with Gasteiger partial charge in [0, 0.05) is 22.2 Å². The number of hydrogen-bond donors (Lipinski definition) is 2. The molecule has 1 aliphatic rings. The lowest BCUT2D eigenvalue weighted by Gasteiger charge is -2.29. The summed E-state index contributed by atoms with van der Waals surface area (Å²) in [6.07, 6.45) is 0. The molecule has 43 heavy (non-hydrogen) atoms. The molecule has 0 saturated carbocycles. The summed E-state index contributed by atoms with van der Waals surface area (Å²) < 4.78 is 7.95. The molecule has 0 spiro atoms. The van der Waals surface area contributed by atoms with Gasteiger partial charge >= 0.3 is 0 Å². The highest BCUT2D eigenvalue weighted by molar-refractivity contribution is 7.98. The van der Waals surface area contributed by atoms with E-state index in [4.69, 9.17) is 26.4 Å². The monoisotopic (exact) mass is 607 g/mol. The van der Waals surface area contributed by atoms with Gasteiger partial charge in [-0.15, -0.1) is 5.10 Å². The number of hydrogen-bond acceptors (Lipinski definition) is 6. The molecule has 1 atom stereocenters. The predicted octanol–water partition coefficient (Wildman–Crippen LogP) is 8.04. The molecule has 216 valence electrons. The highest BCUT2D eigenvalue weighted by atomic mass is 35.5. The number of aryl methyl sites for hydroxylation is 1. The van der Waals surface area contributed by atoms with Gasteiger partial charge in [-0.1, -0.05) is 90.1 Å². The maximum atomic E-state index is 13.9. The van der Waals surface area contributed by atoms with Crippen LogP contribution in [0.3, 0.4) is 0 Å². The van der Waals surface area contributed by atoms with E-state index in [2.05, 4.69) is 22.8 Å². The van der Waals surface area contributed by atoms with E-state index in [-0.39, 0.29) is 5.91 Å². The van der Waals surface area contributed by atoms with Crippen LogP contribution in [0.15, 0.2) is 120 Å². The third-order valence-electron chi connectivity index (χ3n) is 7.06. The second-order valence-electron chi connectivity index (χ2n) is 10.3. The minimum absolute atomic E-state index is 0.215. The first-order valence-corrected chi connectivity index (χ1v) is 15.3. The number of rotatable bonds is 9. The molecule has 9 heteroatoms. The zero-order valence-electron chi connectivity index (χ0n) is 23.8. The molecule has 0 radical (unpaired) electrons. The molecule has 7 nitrogen and oxygen atoms in total. The van der Waals surface area contributed by atoms with Gasteiger partial charge in [-0.05, 0) is 72.5 Å². The van der Waals surface area contributed by atoms with Gasteiger partial charge in [0.1, 0.15) is 18.4 Å². The van der Waals surface area contributed by atoms with E-state index >= 15 is 0 Å². The summed E-state index contributed by atoms with van der Waals surface area (Å²) in [5.41, 5.74) is 6.09. The summed E-state index contributed by atoms with van der Waals surface area (Å²) in [5, 5.41) is 12.6. The summed E-state index contributed by atoms with van der Waals surface area (Å²) >= 11 is 7.59. The van der Waals surface area contributed by atoms with Gasteiger partial charge in [0.15, 0.2) is 0 Å². The Hall–Kier alpha value is -4.53. The number of allylic oxidation sites excluding steroid dienone is 1. The number of aromatic nitrogens is 3. The Balaban J connectivity index is 1.33. The van der Waals surface area contributed by atoms with E-state index in [1.165, 1.54) is 5.56 Å². The topological polar surface area (TPSA) is 81.1 Å². The Kier molecular flexibility index (Phi) is 8.49. The number of carbonyl (C=O) groups excluding carboxylic acids is 1. The van der Waals surface area contributed by atoms with Gasteiger partial charge in [-0.2, -0.15) is 4.98 Å². The van der Waals surface area contributed by atoms with Crippen LogP contribution >= 0.6 is 23.4 Å². The smallest absolute Gasteiger partial charge is 0.255 e. The summed E-state index contributed by atoms with van der Waals surface area (Å²) in [6, 6.07) is 32.8. The molecule has 1 aliphatic heterocycles. The lowest BCUT2D eigenvalue weighted by molar-refractivity contribution is -0.113. The van der Waals surface area contributed by atoms with Crippen molar-refractivity contribution in [3.63, 3.8) is 0 Å². The van der Waals surface area contributed by atoms with Gasteiger partial charge in [0.25, 0.3) is 5.91 Å². The van der Waals surface area contributed by atoms with Gasteiger partial charge in [-0.3, -0.25) is 4.79 Å². The first kappa shape index (κ1) is 28.6. The van der Waals surface area contributed by atoms with Gasteiger partial charge in [0.05, 0.1) is 5.57 Å². The molecule has 1 amide bonds. The zero-order valence-corrected chi connectivity index (χ0v) is 25.3. The van der Waals surface area contributed by atoms with Crippen molar-refractivity contribution in [2.24, 2.45) is 0 Å². The molecule has 6 rings (SSSR count). The van der Waals surface area contributed by atoms with Gasteiger partial charge in [0.2, 0.25) is 11.1 Å². The molecule has 5 aromatic rings. The summed E-state index contributed by atoms with van der Waals surface area (Å²) in [5.74, 6) is 1.78. The molecule has 1 aromatic heterocycles. The lowest BCUT2D eigenvalue weighted by Crippen LogP contribution is -2.31. The molecule has 0 fully saturated rings. The first-order valence-electron chi connectivity index (χ1n) is 13.9. The van der Waals surface area contributed by atoms with Crippen molar-refractivity contribution in [3.8, 4) is 5.75 Å². The maximum absolute atomic E-state index is 13.9. The molecule has 2 heterocycles. The molecular weight excluding hydrogens is 578 g/mol. The standard InChI is InChI=1S/C34H30ClN5O2S/c1-22-8-6-12-28(18-22)37-32(41)30-23(2)36-33-38-34(43-21-25-9-4-3-5-10-25)39-40(33)31(30)26-11-7-13-29(19-26)42-20-24-14-16-27(35)17-15-24/h3-19,31H,20-21H2,1-2H3,(H,37,41)(H,36,38,39). The molecule has 4 aromatic carbocycles. The number of benzene rings is 4. The number of nitrogens with zero attached hydrogens (tertiary/aromatic N) is 3. The largest absolute Gasteiger partial charge is 0.489 e. The van der Waals surface area contributed by atoms with Crippen molar-refractivity contribution >= 4 is 40.9 Å². The maximum Gasteiger partial charge on any atom is 0.255 e. The van der Waals surface area contributed by atoms with E-state index in [1.807, 2.05) is 105 Å². The number of carbonyl (C=O) groups is 1. The van der Waals surface area contributed by atoms with Crippen LogP contribution in [0.1, 0.15) is 35.2 Å². The van der Waals surface area contributed by atoms with Crippen molar-refractivity contribution in [1.29, 1.82) is 0 Å². The normalized spacial score (nSPS) is 14.2. The highest BCUT2D eigenvalue weighted by Crippen LogP contribution is 2.38. The SMILES string of the molecule is CC1=C(C(=O)Nc2cccc(C)c2)C(c2cccc(OCc3ccc(Cl)cc3)c2)n2nc(SCc3ccccc3)nc2N1. The van der Waals surface area contributed by atoms with Crippen LogP contribution in [-0.4, -0.2) is 20.7 Å². The van der Waals surface area contributed by atoms with Crippen molar-refractivity contribution in [2.75, 3.05) is 10.6 Å². The summed E-state index contributed by atoms with van der Waals surface area (Å²) in [7, 11) is 0. The molecular formula is C34H30ClN5O2S. The van der Waals surface area contributed by atoms with Gasteiger partial charge < -0.3 is 15.4 Å². The average molecular weight is 608 g/mol. The van der Waals surface area contributed by atoms with Crippen molar-refractivity contribution in [1.82, 2.24) is 14.8 Å². The second kappa shape index (κ2) is 12.8. The number of halogens is 1. The molecule has 0 aliphatic carbocycles. The number of nitrogens with one attached hydrogen (secondary N) is 2. The fraction of sp³-hybridized carbons (Fsp3) is 0.147. The number of amides is 1. The zero-order chi connectivity index (χ0) is 29.8. The first-order chi connectivity index (χ1) is 20.9. The predicted molar refractivity (Wildman–Crippen MR) is 173 cm³/mol. The fourth-order valence-corrected chi connectivity index (χ4v) is 5.87. The van der Waals surface area contributed by atoms with E-state index < -0.39 is 6.04 Å². The van der Waals surface area contributed by atoms with Crippen LogP contribution in [0.5, 0.6) is 5.75 Å². The van der Waals surface area contributed by atoms with E-state index in [1.54, 1.807) is 16.4 Å². The number of thioether (sulfide) groups is 1. The van der Waals surface area contributed by atoms with E-state index in [0.717, 1.165) is 28.1 Å². The Bertz CT molecular complexity index is 1790. The second-order valence-corrected chi connectivity index (χ2v) is 11.7. The Morgan fingerprint density at radius 2 is 1.74 bits per heavy atom. The molecule has 0 bridgehead atoms. The quantitative estimate of drug-likeness (QED) is 0.165. The van der Waals surface area contributed by atoms with Gasteiger partial charge in [-0.25, -0.2) is 4.68 Å². The number of fused-ring (bicyclic) bond motifs is 1. The summed E-state index contributed by atoms with van der Waals surface area (Å²) in [6.45, 7) is 4.28. The fourth-order valence-electron chi connectivity index (χ4n) is 4.96. The minimum Gasteiger partial charge on any atom is -0.489 e.